The highest BCUT2D eigenvalue weighted by atomic mass is 35.5. The molecule has 0 fully saturated rings. The molecule has 0 saturated carbocycles. The van der Waals surface area contributed by atoms with E-state index in [1.54, 1.807) is 17.9 Å². The lowest BCUT2D eigenvalue weighted by Gasteiger charge is -2.03. The summed E-state index contributed by atoms with van der Waals surface area (Å²) in [7, 11) is 1.55. The Balaban J connectivity index is 2.33. The molecule has 0 atom stereocenters. The van der Waals surface area contributed by atoms with Gasteiger partial charge < -0.3 is 4.74 Å². The van der Waals surface area contributed by atoms with E-state index in [0.717, 1.165) is 5.56 Å². The Labute approximate surface area is 121 Å². The number of benzene rings is 1. The molecule has 0 amide bonds. The van der Waals surface area contributed by atoms with E-state index in [4.69, 9.17) is 33.2 Å². The van der Waals surface area contributed by atoms with Crippen molar-refractivity contribution < 1.29 is 4.74 Å². The molecule has 4 nitrogen and oxygen atoms in total. The average molecular weight is 296 g/mol. The molecule has 0 radical (unpaired) electrons. The molecule has 6 heteroatoms. The molecule has 1 aromatic carbocycles. The smallest absolute Gasteiger partial charge is 0.145 e. The minimum Gasteiger partial charge on any atom is -0.378 e. The average Bonchev–Trinajstić information content (AvgIpc) is 2.66. The Morgan fingerprint density at radius 2 is 2.21 bits per heavy atom. The number of rotatable bonds is 4. The number of aromatic nitrogens is 2. The number of nitriles is 1. The highest BCUT2D eigenvalue weighted by Crippen LogP contribution is 2.21. The number of methoxy groups -OCH3 is 1. The van der Waals surface area contributed by atoms with Crippen LogP contribution in [0.15, 0.2) is 24.3 Å². The van der Waals surface area contributed by atoms with Crippen molar-refractivity contribution in [2.75, 3.05) is 7.11 Å². The maximum atomic E-state index is 9.08. The number of halogens is 2. The van der Waals surface area contributed by atoms with E-state index in [9.17, 15) is 0 Å². The number of ether oxygens (including phenoxy) is 1. The molecule has 0 N–H and O–H groups in total. The molecule has 0 spiro atoms. The van der Waals surface area contributed by atoms with Crippen LogP contribution in [0.25, 0.3) is 0 Å². The zero-order chi connectivity index (χ0) is 13.8. The first-order valence-electron chi connectivity index (χ1n) is 5.54. The molecule has 0 aliphatic carbocycles. The van der Waals surface area contributed by atoms with Crippen LogP contribution < -0.4 is 0 Å². The lowest BCUT2D eigenvalue weighted by Crippen LogP contribution is -2.02. The predicted octanol–water partition coefficient (Wildman–Crippen LogP) is 3.26. The van der Waals surface area contributed by atoms with Crippen molar-refractivity contribution in [2.24, 2.45) is 0 Å². The summed E-state index contributed by atoms with van der Waals surface area (Å²) < 4.78 is 6.57. The first kappa shape index (κ1) is 13.9. The van der Waals surface area contributed by atoms with Crippen molar-refractivity contribution in [1.82, 2.24) is 9.78 Å². The van der Waals surface area contributed by atoms with Crippen LogP contribution in [-0.4, -0.2) is 16.9 Å². The fourth-order valence-corrected chi connectivity index (χ4v) is 2.21. The summed E-state index contributed by atoms with van der Waals surface area (Å²) in [6.07, 6.45) is 0. The summed E-state index contributed by atoms with van der Waals surface area (Å²) in [5.41, 5.74) is 1.85. The van der Waals surface area contributed by atoms with Gasteiger partial charge in [0.1, 0.15) is 22.5 Å². The molecule has 1 aromatic heterocycles. The molecule has 0 bridgehead atoms. The molecule has 0 saturated heterocycles. The van der Waals surface area contributed by atoms with Crippen LogP contribution in [0.2, 0.25) is 10.2 Å². The monoisotopic (exact) mass is 295 g/mol. The summed E-state index contributed by atoms with van der Waals surface area (Å²) in [4.78, 5) is 0. The van der Waals surface area contributed by atoms with Gasteiger partial charge in [0.05, 0.1) is 13.2 Å². The van der Waals surface area contributed by atoms with Crippen molar-refractivity contribution in [3.63, 3.8) is 0 Å². The van der Waals surface area contributed by atoms with Crippen LogP contribution >= 0.6 is 23.2 Å². The minimum absolute atomic E-state index is 0.255. The Morgan fingerprint density at radius 1 is 1.42 bits per heavy atom. The maximum absolute atomic E-state index is 9.08. The molecular weight excluding hydrogens is 285 g/mol. The summed E-state index contributed by atoms with van der Waals surface area (Å²) in [5.74, 6) is 0. The molecular formula is C13H11Cl2N3O. The van der Waals surface area contributed by atoms with E-state index in [-0.39, 0.29) is 6.61 Å². The fourth-order valence-electron chi connectivity index (χ4n) is 1.75. The van der Waals surface area contributed by atoms with Gasteiger partial charge in [0.15, 0.2) is 0 Å². The van der Waals surface area contributed by atoms with Crippen LogP contribution in [-0.2, 0) is 17.9 Å². The molecule has 0 aliphatic rings. The topological polar surface area (TPSA) is 50.8 Å². The van der Waals surface area contributed by atoms with Gasteiger partial charge in [-0.1, -0.05) is 35.3 Å². The zero-order valence-electron chi connectivity index (χ0n) is 10.2. The van der Waals surface area contributed by atoms with E-state index < -0.39 is 0 Å². The largest absolute Gasteiger partial charge is 0.378 e. The first-order valence-corrected chi connectivity index (χ1v) is 6.30. The van der Waals surface area contributed by atoms with Crippen molar-refractivity contribution >= 4 is 23.2 Å². The number of hydrogen-bond donors (Lipinski definition) is 0. The van der Waals surface area contributed by atoms with Crippen molar-refractivity contribution in [3.8, 4) is 6.07 Å². The summed E-state index contributed by atoms with van der Waals surface area (Å²) in [6.45, 7) is 0.711. The molecule has 2 aromatic rings. The third kappa shape index (κ3) is 3.07. The van der Waals surface area contributed by atoms with Gasteiger partial charge in [-0.3, -0.25) is 0 Å². The quantitative estimate of drug-likeness (QED) is 0.870. The van der Waals surface area contributed by atoms with Gasteiger partial charge in [0, 0.05) is 12.1 Å². The van der Waals surface area contributed by atoms with Crippen LogP contribution in [0.5, 0.6) is 0 Å². The second-order valence-electron chi connectivity index (χ2n) is 3.94. The fraction of sp³-hybridized carbons (Fsp3) is 0.231. The third-order valence-corrected chi connectivity index (χ3v) is 3.20. The molecule has 0 aliphatic heterocycles. The second kappa shape index (κ2) is 6.07. The molecule has 0 unspecified atom stereocenters. The minimum atomic E-state index is 0.255. The summed E-state index contributed by atoms with van der Waals surface area (Å²) in [5, 5.41) is 14.3. The van der Waals surface area contributed by atoms with Gasteiger partial charge in [0.25, 0.3) is 0 Å². The first-order chi connectivity index (χ1) is 9.15. The Bertz CT molecular complexity index is 631. The lowest BCUT2D eigenvalue weighted by molar-refractivity contribution is 0.180. The highest BCUT2D eigenvalue weighted by molar-refractivity contribution is 6.31. The molecule has 1 heterocycles. The normalized spacial score (nSPS) is 10.4. The SMILES string of the molecule is COCc1nn(Cc2cccc(Cl)c2)c(Cl)c1C#N. The number of hydrogen-bond acceptors (Lipinski definition) is 3. The number of nitrogens with zero attached hydrogens (tertiary/aromatic N) is 3. The van der Waals surface area contributed by atoms with Crippen LogP contribution in [0.3, 0.4) is 0 Å². The molecule has 98 valence electrons. The van der Waals surface area contributed by atoms with E-state index in [1.807, 2.05) is 24.3 Å². The zero-order valence-corrected chi connectivity index (χ0v) is 11.7. The van der Waals surface area contributed by atoms with Crippen LogP contribution in [0.4, 0.5) is 0 Å². The summed E-state index contributed by atoms with van der Waals surface area (Å²) in [6, 6.07) is 9.46. The second-order valence-corrected chi connectivity index (χ2v) is 4.74. The van der Waals surface area contributed by atoms with Gasteiger partial charge in [-0.05, 0) is 17.7 Å². The third-order valence-electron chi connectivity index (χ3n) is 2.58. The summed E-state index contributed by atoms with van der Waals surface area (Å²) >= 11 is 12.1. The van der Waals surface area contributed by atoms with E-state index in [1.165, 1.54) is 0 Å². The van der Waals surface area contributed by atoms with Crippen LogP contribution in [0, 0.1) is 11.3 Å². The van der Waals surface area contributed by atoms with Gasteiger partial charge in [0.2, 0.25) is 0 Å². The standard InChI is InChI=1S/C13H11Cl2N3O/c1-19-8-12-11(6-16)13(15)18(17-12)7-9-3-2-4-10(14)5-9/h2-5H,7-8H2,1H3. The van der Waals surface area contributed by atoms with Crippen molar-refractivity contribution in [2.45, 2.75) is 13.2 Å². The maximum Gasteiger partial charge on any atom is 0.145 e. The van der Waals surface area contributed by atoms with Crippen molar-refractivity contribution in [3.05, 3.63) is 51.3 Å². The van der Waals surface area contributed by atoms with Gasteiger partial charge in [-0.2, -0.15) is 10.4 Å². The predicted molar refractivity (Wildman–Crippen MR) is 73.2 cm³/mol. The van der Waals surface area contributed by atoms with E-state index >= 15 is 0 Å². The van der Waals surface area contributed by atoms with Gasteiger partial charge >= 0.3 is 0 Å². The van der Waals surface area contributed by atoms with E-state index in [0.29, 0.717) is 28.0 Å². The molecule has 19 heavy (non-hydrogen) atoms. The van der Waals surface area contributed by atoms with Crippen molar-refractivity contribution in [1.29, 1.82) is 5.26 Å². The Hall–Kier alpha value is -1.54. The van der Waals surface area contributed by atoms with Gasteiger partial charge in [-0.25, -0.2) is 4.68 Å². The van der Waals surface area contributed by atoms with E-state index in [2.05, 4.69) is 5.10 Å². The Morgan fingerprint density at radius 3 is 2.84 bits per heavy atom. The highest BCUT2D eigenvalue weighted by Gasteiger charge is 2.16. The van der Waals surface area contributed by atoms with Crippen LogP contribution in [0.1, 0.15) is 16.8 Å². The van der Waals surface area contributed by atoms with Gasteiger partial charge in [-0.15, -0.1) is 0 Å². The lowest BCUT2D eigenvalue weighted by atomic mass is 10.2. The molecule has 2 rings (SSSR count). The Kier molecular flexibility index (Phi) is 4.43.